The van der Waals surface area contributed by atoms with Crippen molar-refractivity contribution >= 4 is 11.8 Å². The third-order valence-electron chi connectivity index (χ3n) is 6.31. The monoisotopic (exact) mass is 436 g/mol. The first-order valence-corrected chi connectivity index (χ1v) is 10.3. The van der Waals surface area contributed by atoms with Gasteiger partial charge in [0, 0.05) is 29.2 Å². The van der Waals surface area contributed by atoms with E-state index in [1.54, 1.807) is 6.92 Å². The Kier molecular flexibility index (Phi) is 4.11. The second-order valence-corrected chi connectivity index (χ2v) is 9.10. The van der Waals surface area contributed by atoms with Crippen LogP contribution in [0.25, 0.3) is 11.8 Å². The van der Waals surface area contributed by atoms with Gasteiger partial charge in [-0.1, -0.05) is 12.2 Å². The van der Waals surface area contributed by atoms with Gasteiger partial charge in [-0.3, -0.25) is 0 Å². The largest absolute Gasteiger partial charge is 0.507 e. The molecule has 7 heteroatoms. The van der Waals surface area contributed by atoms with Gasteiger partial charge < -0.3 is 35.0 Å². The molecular formula is C25H24O7. The molecule has 166 valence electrons. The number of hydrogen-bond acceptors (Lipinski definition) is 7. The van der Waals surface area contributed by atoms with E-state index in [1.807, 2.05) is 26.0 Å². The molecule has 32 heavy (non-hydrogen) atoms. The lowest BCUT2D eigenvalue weighted by molar-refractivity contribution is 0.156. The number of allylic oxidation sites excluding steroid dienone is 1. The van der Waals surface area contributed by atoms with Crippen molar-refractivity contribution in [2.75, 3.05) is 0 Å². The lowest BCUT2D eigenvalue weighted by atomic mass is 9.74. The summed E-state index contributed by atoms with van der Waals surface area (Å²) in [5, 5.41) is 53.5. The number of ether oxygens (including phenoxy) is 2. The molecule has 2 unspecified atom stereocenters. The quantitative estimate of drug-likeness (QED) is 0.252. The van der Waals surface area contributed by atoms with E-state index in [0.717, 1.165) is 6.07 Å². The molecule has 3 aliphatic rings. The lowest BCUT2D eigenvalue weighted by Crippen LogP contribution is -2.28. The van der Waals surface area contributed by atoms with E-state index < -0.39 is 23.4 Å². The zero-order chi connectivity index (χ0) is 23.1. The summed E-state index contributed by atoms with van der Waals surface area (Å²) in [7, 11) is 0. The second-order valence-electron chi connectivity index (χ2n) is 9.10. The van der Waals surface area contributed by atoms with Crippen LogP contribution >= 0.6 is 0 Å². The molecule has 5 N–H and O–H groups in total. The minimum Gasteiger partial charge on any atom is -0.507 e. The van der Waals surface area contributed by atoms with Crippen molar-refractivity contribution < 1.29 is 35.0 Å². The molecule has 0 fully saturated rings. The van der Waals surface area contributed by atoms with Gasteiger partial charge in [0.15, 0.2) is 11.5 Å². The molecule has 0 saturated carbocycles. The van der Waals surface area contributed by atoms with Crippen molar-refractivity contribution in [3.05, 3.63) is 58.2 Å². The number of rotatable bonds is 1. The molecular weight excluding hydrogens is 412 g/mol. The third-order valence-corrected chi connectivity index (χ3v) is 6.31. The van der Waals surface area contributed by atoms with Crippen molar-refractivity contribution in [2.45, 2.75) is 44.8 Å². The Morgan fingerprint density at radius 2 is 1.78 bits per heavy atom. The zero-order valence-corrected chi connectivity index (χ0v) is 17.9. The number of aliphatic hydroxyl groups is 1. The van der Waals surface area contributed by atoms with Gasteiger partial charge in [0.1, 0.15) is 40.5 Å². The van der Waals surface area contributed by atoms with Gasteiger partial charge in [0.25, 0.3) is 0 Å². The first-order chi connectivity index (χ1) is 15.0. The number of aromatic hydroxyl groups is 4. The lowest BCUT2D eigenvalue weighted by Gasteiger charge is -2.38. The zero-order valence-electron chi connectivity index (χ0n) is 17.9. The Morgan fingerprint density at radius 1 is 1.06 bits per heavy atom. The van der Waals surface area contributed by atoms with Crippen molar-refractivity contribution in [3.8, 4) is 34.5 Å². The highest BCUT2D eigenvalue weighted by Crippen LogP contribution is 2.59. The molecule has 0 aromatic heterocycles. The fourth-order valence-corrected chi connectivity index (χ4v) is 4.74. The van der Waals surface area contributed by atoms with E-state index in [2.05, 4.69) is 6.58 Å². The van der Waals surface area contributed by atoms with Gasteiger partial charge in [-0.15, -0.1) is 0 Å². The van der Waals surface area contributed by atoms with Crippen LogP contribution in [0.4, 0.5) is 0 Å². The first-order valence-electron chi connectivity index (χ1n) is 10.3. The van der Waals surface area contributed by atoms with Crippen LogP contribution in [-0.2, 0) is 0 Å². The maximum Gasteiger partial charge on any atom is 0.162 e. The molecule has 0 radical (unpaired) electrons. The van der Waals surface area contributed by atoms with Crippen LogP contribution in [0.2, 0.25) is 0 Å². The van der Waals surface area contributed by atoms with Crippen molar-refractivity contribution in [2.24, 2.45) is 0 Å². The molecule has 2 aromatic carbocycles. The van der Waals surface area contributed by atoms with Crippen molar-refractivity contribution in [1.82, 2.24) is 0 Å². The van der Waals surface area contributed by atoms with Gasteiger partial charge in [-0.05, 0) is 39.3 Å². The smallest absolute Gasteiger partial charge is 0.162 e. The van der Waals surface area contributed by atoms with Gasteiger partial charge in [-0.25, -0.2) is 0 Å². The number of fused-ring (bicyclic) bond motifs is 5. The van der Waals surface area contributed by atoms with Gasteiger partial charge in [0.05, 0.1) is 16.7 Å². The highest BCUT2D eigenvalue weighted by Gasteiger charge is 2.43. The number of phenols is 4. The van der Waals surface area contributed by atoms with E-state index in [0.29, 0.717) is 22.5 Å². The van der Waals surface area contributed by atoms with Crippen LogP contribution in [0.15, 0.2) is 35.9 Å². The summed E-state index contributed by atoms with van der Waals surface area (Å²) in [4.78, 5) is 0. The summed E-state index contributed by atoms with van der Waals surface area (Å²) in [6.45, 7) is 9.50. The summed E-state index contributed by atoms with van der Waals surface area (Å²) in [5.41, 5.74) is 1.75. The highest BCUT2D eigenvalue weighted by molar-refractivity contribution is 5.84. The van der Waals surface area contributed by atoms with Crippen LogP contribution in [-0.4, -0.2) is 31.1 Å². The number of aliphatic hydroxyl groups excluding tert-OH is 1. The SMILES string of the molecule is C=C(C)C1CC2=C(Oc3c4c(cc(O)c3C2O)OC(C)(C)C=C4)c2c(O)cc(O)c(O)c21. The normalized spacial score (nSPS) is 22.1. The number of phenolic OH excluding ortho intramolecular Hbond substituents is 4. The fraction of sp³-hybridized carbons (Fsp3) is 0.280. The Bertz CT molecular complexity index is 1270. The highest BCUT2D eigenvalue weighted by atomic mass is 16.5. The van der Waals surface area contributed by atoms with E-state index >= 15 is 0 Å². The maximum absolute atomic E-state index is 11.3. The van der Waals surface area contributed by atoms with Crippen molar-refractivity contribution in [1.29, 1.82) is 0 Å². The predicted octanol–water partition coefficient (Wildman–Crippen LogP) is 4.59. The molecule has 2 heterocycles. The molecule has 0 amide bonds. The van der Waals surface area contributed by atoms with Crippen LogP contribution in [0, 0.1) is 0 Å². The van der Waals surface area contributed by atoms with Crippen LogP contribution in [0.1, 0.15) is 61.5 Å². The second kappa shape index (κ2) is 6.46. The minimum atomic E-state index is -1.22. The summed E-state index contributed by atoms with van der Waals surface area (Å²) >= 11 is 0. The average Bonchev–Trinajstić information content (AvgIpc) is 2.69. The number of benzene rings is 2. The van der Waals surface area contributed by atoms with Gasteiger partial charge >= 0.3 is 0 Å². The van der Waals surface area contributed by atoms with Crippen LogP contribution < -0.4 is 9.47 Å². The summed E-state index contributed by atoms with van der Waals surface area (Å²) in [6.07, 6.45) is 2.67. The standard InChI is InChI=1S/C25H24O7/c1-10(2)12-7-13-21(29)20-15(27)9-17-11(5-6-25(3,4)32-17)23(20)31-24(13)19-14(26)8-16(28)22(30)18(12)19/h5-6,8-9,12,21,26-30H,1,7H2,2-4H3. The molecule has 0 spiro atoms. The molecule has 0 saturated heterocycles. The summed E-state index contributed by atoms with van der Waals surface area (Å²) < 4.78 is 12.2. The van der Waals surface area contributed by atoms with E-state index in [1.165, 1.54) is 6.07 Å². The molecule has 1 aliphatic carbocycles. The summed E-state index contributed by atoms with van der Waals surface area (Å²) in [6, 6.07) is 2.50. The maximum atomic E-state index is 11.3. The Balaban J connectivity index is 1.77. The minimum absolute atomic E-state index is 0.167. The Morgan fingerprint density at radius 3 is 2.47 bits per heavy atom. The van der Waals surface area contributed by atoms with Crippen LogP contribution in [0.3, 0.4) is 0 Å². The first kappa shape index (κ1) is 20.3. The average molecular weight is 436 g/mol. The third kappa shape index (κ3) is 2.71. The summed E-state index contributed by atoms with van der Waals surface area (Å²) in [5.74, 6) is -0.985. The molecule has 2 aliphatic heterocycles. The molecule has 5 rings (SSSR count). The Labute approximate surface area is 184 Å². The number of hydrogen-bond donors (Lipinski definition) is 5. The topological polar surface area (TPSA) is 120 Å². The predicted molar refractivity (Wildman–Crippen MR) is 118 cm³/mol. The van der Waals surface area contributed by atoms with E-state index in [-0.39, 0.29) is 51.9 Å². The molecule has 0 bridgehead atoms. The molecule has 2 atom stereocenters. The molecule has 2 aromatic rings. The van der Waals surface area contributed by atoms with Gasteiger partial charge in [-0.2, -0.15) is 0 Å². The van der Waals surface area contributed by atoms with Crippen molar-refractivity contribution in [3.63, 3.8) is 0 Å². The van der Waals surface area contributed by atoms with Gasteiger partial charge in [0.2, 0.25) is 0 Å². The molecule has 7 nitrogen and oxygen atoms in total. The van der Waals surface area contributed by atoms with E-state index in [4.69, 9.17) is 9.47 Å². The Hall–Kier alpha value is -3.58. The fourth-order valence-electron chi connectivity index (χ4n) is 4.74. The van der Waals surface area contributed by atoms with Crippen LogP contribution in [0.5, 0.6) is 34.5 Å². The van der Waals surface area contributed by atoms with E-state index in [9.17, 15) is 25.5 Å².